The van der Waals surface area contributed by atoms with E-state index in [1.165, 1.54) is 16.1 Å². The van der Waals surface area contributed by atoms with Gasteiger partial charge in [0.2, 0.25) is 5.91 Å². The molecule has 2 aromatic carbocycles. The summed E-state index contributed by atoms with van der Waals surface area (Å²) in [5, 5.41) is 10.2. The summed E-state index contributed by atoms with van der Waals surface area (Å²) in [6.07, 6.45) is 2.38. The van der Waals surface area contributed by atoms with Gasteiger partial charge < -0.3 is 14.9 Å². The lowest BCUT2D eigenvalue weighted by molar-refractivity contribution is -0.128. The fourth-order valence-electron chi connectivity index (χ4n) is 6.73. The van der Waals surface area contributed by atoms with Crippen molar-refractivity contribution in [1.29, 1.82) is 0 Å². The Labute approximate surface area is 274 Å². The van der Waals surface area contributed by atoms with Gasteiger partial charge in [0.15, 0.2) is 21.5 Å². The summed E-state index contributed by atoms with van der Waals surface area (Å²) in [6, 6.07) is 1.42. The number of sulfone groups is 1. The average Bonchev–Trinajstić information content (AvgIpc) is 3.10. The van der Waals surface area contributed by atoms with Crippen molar-refractivity contribution in [2.75, 3.05) is 23.7 Å². The van der Waals surface area contributed by atoms with Crippen molar-refractivity contribution >= 4 is 32.5 Å². The Morgan fingerprint density at radius 3 is 2.27 bits per heavy atom. The van der Waals surface area contributed by atoms with Crippen LogP contribution in [0.25, 0.3) is 27.7 Å². The molecule has 0 bridgehead atoms. The van der Waals surface area contributed by atoms with Gasteiger partial charge in [0.05, 0.1) is 50.9 Å². The largest absolute Gasteiger partial charge is 0.507 e. The monoisotopic (exact) mass is 682 g/mol. The summed E-state index contributed by atoms with van der Waals surface area (Å²) in [4.78, 5) is 41.9. The van der Waals surface area contributed by atoms with Crippen LogP contribution in [0.2, 0.25) is 0 Å². The number of hydrogen-bond acceptors (Lipinski definition) is 9. The number of fused-ring (bicyclic) bond motifs is 2. The second-order valence-electron chi connectivity index (χ2n) is 12.7. The number of piperazine rings is 1. The fourth-order valence-corrected chi connectivity index (χ4v) is 8.57. The standard InChI is InChI=1S/C33H33F3N6O5S/c1-7-21(44)40-12-18-13-48(46,47)31-24-29(25(35)23(26(31)36)22-19(34)9-8-10-20(22)43)42(33(45)39-32(24)41(18)11-17(40)6)30-27(15(2)3)37-14-38-28(30)16(4)5/h7-10,14-18,43H,1,11-13H2,2-6H3. The Kier molecular flexibility index (Phi) is 8.09. The van der Waals surface area contributed by atoms with Crippen molar-refractivity contribution in [2.24, 2.45) is 0 Å². The first-order chi connectivity index (χ1) is 22.6. The van der Waals surface area contributed by atoms with Crippen LogP contribution in [-0.4, -0.2) is 74.8 Å². The Morgan fingerprint density at radius 1 is 1.04 bits per heavy atom. The van der Waals surface area contributed by atoms with E-state index < -0.39 is 89.4 Å². The second-order valence-corrected chi connectivity index (χ2v) is 14.6. The molecule has 1 N–H and O–H groups in total. The zero-order valence-corrected chi connectivity index (χ0v) is 27.6. The van der Waals surface area contributed by atoms with Gasteiger partial charge >= 0.3 is 5.69 Å². The van der Waals surface area contributed by atoms with Crippen LogP contribution in [0.4, 0.5) is 19.0 Å². The molecule has 6 rings (SSSR count). The van der Waals surface area contributed by atoms with Crippen molar-refractivity contribution in [2.45, 2.75) is 63.4 Å². The number of hydrogen-bond donors (Lipinski definition) is 1. The highest BCUT2D eigenvalue weighted by atomic mass is 32.2. The van der Waals surface area contributed by atoms with E-state index in [0.29, 0.717) is 11.4 Å². The average molecular weight is 683 g/mol. The van der Waals surface area contributed by atoms with Crippen molar-refractivity contribution in [1.82, 2.24) is 24.4 Å². The summed E-state index contributed by atoms with van der Waals surface area (Å²) >= 11 is 0. The summed E-state index contributed by atoms with van der Waals surface area (Å²) in [7, 11) is -4.73. The van der Waals surface area contributed by atoms with Crippen LogP contribution in [0.15, 0.2) is 46.9 Å². The molecule has 252 valence electrons. The number of anilines is 1. The van der Waals surface area contributed by atoms with Crippen LogP contribution in [-0.2, 0) is 14.6 Å². The SMILES string of the molecule is C=CC(=O)N1CC2CS(=O)(=O)c3c(F)c(-c4c(O)cccc4F)c(F)c4c3c(nc(=O)n4-c3c(C(C)C)ncnc3C(C)C)N2CC1C. The number of rotatable bonds is 5. The molecule has 4 heterocycles. The van der Waals surface area contributed by atoms with Crippen LogP contribution in [0, 0.1) is 17.5 Å². The van der Waals surface area contributed by atoms with Gasteiger partial charge in [0, 0.05) is 19.1 Å². The van der Waals surface area contributed by atoms with Gasteiger partial charge in [0.1, 0.15) is 28.6 Å². The van der Waals surface area contributed by atoms with Crippen molar-refractivity contribution in [3.8, 4) is 22.6 Å². The van der Waals surface area contributed by atoms with E-state index in [9.17, 15) is 23.1 Å². The molecule has 0 aliphatic carbocycles. The third-order valence-electron chi connectivity index (χ3n) is 8.88. The van der Waals surface area contributed by atoms with Gasteiger partial charge in [-0.25, -0.2) is 36.4 Å². The highest BCUT2D eigenvalue weighted by Crippen LogP contribution is 2.47. The van der Waals surface area contributed by atoms with Crippen LogP contribution < -0.4 is 10.6 Å². The molecule has 1 fully saturated rings. The molecule has 15 heteroatoms. The number of amides is 1. The number of phenols is 1. The molecule has 2 atom stereocenters. The van der Waals surface area contributed by atoms with Gasteiger partial charge in [-0.2, -0.15) is 4.98 Å². The summed E-state index contributed by atoms with van der Waals surface area (Å²) in [5.41, 5.74) is -3.21. The van der Waals surface area contributed by atoms with Gasteiger partial charge in [-0.15, -0.1) is 0 Å². The van der Waals surface area contributed by atoms with Gasteiger partial charge in [0.25, 0.3) is 0 Å². The first kappa shape index (κ1) is 33.1. The zero-order chi connectivity index (χ0) is 35.0. The van der Waals surface area contributed by atoms with Crippen molar-refractivity contribution in [3.63, 3.8) is 0 Å². The molecule has 1 saturated heterocycles. The lowest BCUT2D eigenvalue weighted by atomic mass is 9.98. The van der Waals surface area contributed by atoms with E-state index in [-0.39, 0.29) is 36.4 Å². The molecule has 1 amide bonds. The first-order valence-corrected chi connectivity index (χ1v) is 17.0. The Hall–Kier alpha value is -4.79. The molecule has 48 heavy (non-hydrogen) atoms. The summed E-state index contributed by atoms with van der Waals surface area (Å²) < 4.78 is 79.2. The normalized spacial score (nSPS) is 18.7. The Bertz CT molecular complexity index is 2160. The quantitative estimate of drug-likeness (QED) is 0.237. The fraction of sp³-hybridized carbons (Fsp3) is 0.364. The molecule has 2 aliphatic heterocycles. The zero-order valence-electron chi connectivity index (χ0n) is 26.8. The number of benzene rings is 2. The molecule has 4 aromatic rings. The van der Waals surface area contributed by atoms with Crippen molar-refractivity contribution < 1.29 is 31.5 Å². The number of aromatic nitrogens is 4. The van der Waals surface area contributed by atoms with Crippen molar-refractivity contribution in [3.05, 3.63) is 76.5 Å². The maximum atomic E-state index is 17.4. The molecular weight excluding hydrogens is 649 g/mol. The van der Waals surface area contributed by atoms with Crippen LogP contribution in [0.1, 0.15) is 57.8 Å². The summed E-state index contributed by atoms with van der Waals surface area (Å²) in [5.74, 6) is -7.48. The lowest BCUT2D eigenvalue weighted by Gasteiger charge is -2.44. The van der Waals surface area contributed by atoms with E-state index in [2.05, 4.69) is 21.5 Å². The number of nitrogens with zero attached hydrogens (tertiary/aromatic N) is 6. The molecule has 0 radical (unpaired) electrons. The lowest BCUT2D eigenvalue weighted by Crippen LogP contribution is -2.60. The Morgan fingerprint density at radius 2 is 1.69 bits per heavy atom. The molecule has 0 spiro atoms. The predicted molar refractivity (Wildman–Crippen MR) is 173 cm³/mol. The van der Waals surface area contributed by atoms with E-state index in [4.69, 9.17) is 0 Å². The maximum absolute atomic E-state index is 17.4. The molecule has 0 saturated carbocycles. The highest BCUT2D eigenvalue weighted by Gasteiger charge is 2.45. The third kappa shape index (κ3) is 4.93. The number of carbonyl (C=O) groups excluding carboxylic acids is 1. The highest BCUT2D eigenvalue weighted by molar-refractivity contribution is 7.91. The minimum absolute atomic E-state index is 0.0275. The summed E-state index contributed by atoms with van der Waals surface area (Å²) in [6.45, 7) is 12.2. The number of carbonyl (C=O) groups is 1. The minimum atomic E-state index is -4.73. The van der Waals surface area contributed by atoms with Gasteiger partial charge in [-0.05, 0) is 37.0 Å². The van der Waals surface area contributed by atoms with Crippen LogP contribution >= 0.6 is 0 Å². The molecule has 11 nitrogen and oxygen atoms in total. The Balaban J connectivity index is 1.86. The number of halogens is 3. The number of phenolic OH excluding ortho intramolecular Hbond substituents is 1. The molecule has 2 unspecified atom stereocenters. The maximum Gasteiger partial charge on any atom is 0.354 e. The smallest absolute Gasteiger partial charge is 0.354 e. The third-order valence-corrected chi connectivity index (χ3v) is 10.7. The van der Waals surface area contributed by atoms with E-state index in [0.717, 1.165) is 28.8 Å². The van der Waals surface area contributed by atoms with E-state index >= 15 is 13.2 Å². The van der Waals surface area contributed by atoms with E-state index in [1.54, 1.807) is 34.6 Å². The second kappa shape index (κ2) is 11.7. The molecular formula is C33H33F3N6O5S. The van der Waals surface area contributed by atoms with Crippen LogP contribution in [0.5, 0.6) is 5.75 Å². The number of aromatic hydroxyl groups is 1. The van der Waals surface area contributed by atoms with E-state index in [1.807, 2.05) is 0 Å². The predicted octanol–water partition coefficient (Wildman–Crippen LogP) is 4.59. The van der Waals surface area contributed by atoms with Crippen LogP contribution in [0.3, 0.4) is 0 Å². The van der Waals surface area contributed by atoms with Gasteiger partial charge in [-0.3, -0.25) is 9.36 Å². The topological polar surface area (TPSA) is 139 Å². The first-order valence-electron chi connectivity index (χ1n) is 15.3. The van der Waals surface area contributed by atoms with Gasteiger partial charge in [-0.1, -0.05) is 40.3 Å². The molecule has 2 aliphatic rings. The molecule has 2 aromatic heterocycles. The minimum Gasteiger partial charge on any atom is -0.507 e.